The summed E-state index contributed by atoms with van der Waals surface area (Å²) in [7, 11) is 0. The van der Waals surface area contributed by atoms with Gasteiger partial charge >= 0.3 is 0 Å². The zero-order chi connectivity index (χ0) is 14.0. The zero-order valence-corrected chi connectivity index (χ0v) is 12.6. The molecule has 0 aromatic rings. The number of nitrogens with zero attached hydrogens (tertiary/aromatic N) is 1. The van der Waals surface area contributed by atoms with Gasteiger partial charge in [0.1, 0.15) is 0 Å². The van der Waals surface area contributed by atoms with Crippen molar-refractivity contribution in [2.75, 3.05) is 6.54 Å². The van der Waals surface area contributed by atoms with Gasteiger partial charge in [0.05, 0.1) is 5.41 Å². The van der Waals surface area contributed by atoms with Crippen molar-refractivity contribution >= 4 is 11.8 Å². The molecular weight excluding hydrogens is 238 g/mol. The SMILES string of the molecule is CC(C)C1(C)CC(=O)N(CCCC2CCCC2)C1=O. The predicted molar refractivity (Wildman–Crippen MR) is 75.5 cm³/mol. The van der Waals surface area contributed by atoms with Gasteiger partial charge in [0.25, 0.3) is 0 Å². The van der Waals surface area contributed by atoms with E-state index >= 15 is 0 Å². The number of carbonyl (C=O) groups is 2. The first-order valence-corrected chi connectivity index (χ1v) is 7.80. The van der Waals surface area contributed by atoms with Crippen molar-refractivity contribution in [1.29, 1.82) is 0 Å². The minimum Gasteiger partial charge on any atom is -0.282 e. The van der Waals surface area contributed by atoms with Crippen molar-refractivity contribution in [3.8, 4) is 0 Å². The Hall–Kier alpha value is -0.860. The van der Waals surface area contributed by atoms with E-state index in [2.05, 4.69) is 0 Å². The first-order chi connectivity index (χ1) is 8.95. The minimum absolute atomic E-state index is 0.0348. The molecule has 108 valence electrons. The van der Waals surface area contributed by atoms with Crippen LogP contribution in [0.2, 0.25) is 0 Å². The molecule has 1 heterocycles. The van der Waals surface area contributed by atoms with Gasteiger partial charge in [-0.05, 0) is 31.6 Å². The molecule has 1 aliphatic heterocycles. The number of hydrogen-bond acceptors (Lipinski definition) is 2. The van der Waals surface area contributed by atoms with Gasteiger partial charge in [-0.3, -0.25) is 14.5 Å². The molecule has 0 N–H and O–H groups in total. The highest BCUT2D eigenvalue weighted by molar-refractivity contribution is 6.05. The predicted octanol–water partition coefficient (Wildman–Crippen LogP) is 3.38. The summed E-state index contributed by atoms with van der Waals surface area (Å²) in [4.78, 5) is 26.0. The van der Waals surface area contributed by atoms with Crippen LogP contribution in [0, 0.1) is 17.3 Å². The van der Waals surface area contributed by atoms with Gasteiger partial charge in [-0.15, -0.1) is 0 Å². The lowest BCUT2D eigenvalue weighted by molar-refractivity contribution is -0.142. The average Bonchev–Trinajstić information content (AvgIpc) is 2.92. The fraction of sp³-hybridized carbons (Fsp3) is 0.875. The standard InChI is InChI=1S/C16H27NO2/c1-12(2)16(3)11-14(18)17(15(16)19)10-6-9-13-7-4-5-8-13/h12-13H,4-11H2,1-3H3. The molecule has 3 heteroatoms. The van der Waals surface area contributed by atoms with Gasteiger partial charge < -0.3 is 0 Å². The molecule has 0 spiro atoms. The quantitative estimate of drug-likeness (QED) is 0.715. The van der Waals surface area contributed by atoms with Crippen molar-refractivity contribution < 1.29 is 9.59 Å². The maximum atomic E-state index is 12.4. The topological polar surface area (TPSA) is 37.4 Å². The van der Waals surface area contributed by atoms with Crippen LogP contribution in [-0.4, -0.2) is 23.3 Å². The summed E-state index contributed by atoms with van der Waals surface area (Å²) in [6, 6.07) is 0. The summed E-state index contributed by atoms with van der Waals surface area (Å²) in [5.74, 6) is 1.15. The van der Waals surface area contributed by atoms with E-state index in [1.165, 1.54) is 37.0 Å². The third-order valence-corrected chi connectivity index (χ3v) is 5.30. The Morgan fingerprint density at radius 1 is 1.26 bits per heavy atom. The van der Waals surface area contributed by atoms with Gasteiger partial charge in [0.15, 0.2) is 0 Å². The molecule has 0 aromatic heterocycles. The van der Waals surface area contributed by atoms with Crippen LogP contribution in [0.5, 0.6) is 0 Å². The lowest BCUT2D eigenvalue weighted by Gasteiger charge is -2.26. The zero-order valence-electron chi connectivity index (χ0n) is 12.6. The normalized spacial score (nSPS) is 28.9. The van der Waals surface area contributed by atoms with Crippen LogP contribution >= 0.6 is 0 Å². The number of hydrogen-bond donors (Lipinski definition) is 0. The summed E-state index contributed by atoms with van der Waals surface area (Å²) >= 11 is 0. The van der Waals surface area contributed by atoms with Crippen molar-refractivity contribution in [3.63, 3.8) is 0 Å². The van der Waals surface area contributed by atoms with Gasteiger partial charge in [0, 0.05) is 13.0 Å². The maximum absolute atomic E-state index is 12.4. The molecule has 0 aromatic carbocycles. The summed E-state index contributed by atoms with van der Waals surface area (Å²) in [5, 5.41) is 0. The van der Waals surface area contributed by atoms with E-state index in [9.17, 15) is 9.59 Å². The van der Waals surface area contributed by atoms with Crippen molar-refractivity contribution in [2.24, 2.45) is 17.3 Å². The molecule has 1 atom stereocenters. The summed E-state index contributed by atoms with van der Waals surface area (Å²) in [5.41, 5.74) is -0.468. The number of imide groups is 1. The number of rotatable bonds is 5. The number of likely N-dealkylation sites (tertiary alicyclic amines) is 1. The van der Waals surface area contributed by atoms with E-state index in [0.717, 1.165) is 12.3 Å². The minimum atomic E-state index is -0.468. The van der Waals surface area contributed by atoms with E-state index in [0.29, 0.717) is 13.0 Å². The first-order valence-electron chi connectivity index (χ1n) is 7.80. The fourth-order valence-electron chi connectivity index (χ4n) is 3.42. The lowest BCUT2D eigenvalue weighted by atomic mass is 9.78. The van der Waals surface area contributed by atoms with Gasteiger partial charge in [0.2, 0.25) is 11.8 Å². The molecule has 0 radical (unpaired) electrons. The van der Waals surface area contributed by atoms with E-state index in [1.54, 1.807) is 0 Å². The average molecular weight is 265 g/mol. The van der Waals surface area contributed by atoms with Crippen LogP contribution in [0.1, 0.15) is 65.7 Å². The highest BCUT2D eigenvalue weighted by Crippen LogP contribution is 2.39. The highest BCUT2D eigenvalue weighted by atomic mass is 16.2. The molecule has 2 amide bonds. The Bertz CT molecular complexity index is 358. The van der Waals surface area contributed by atoms with Crippen molar-refractivity contribution in [1.82, 2.24) is 4.90 Å². The van der Waals surface area contributed by atoms with Crippen LogP contribution in [0.25, 0.3) is 0 Å². The largest absolute Gasteiger partial charge is 0.282 e. The van der Waals surface area contributed by atoms with E-state index in [4.69, 9.17) is 0 Å². The summed E-state index contributed by atoms with van der Waals surface area (Å²) in [6.45, 7) is 6.64. The Kier molecular flexibility index (Phi) is 4.32. The lowest BCUT2D eigenvalue weighted by Crippen LogP contribution is -2.37. The molecule has 3 nitrogen and oxygen atoms in total. The molecule has 1 saturated carbocycles. The smallest absolute Gasteiger partial charge is 0.235 e. The Morgan fingerprint density at radius 2 is 1.89 bits per heavy atom. The molecular formula is C16H27NO2. The summed E-state index contributed by atoms with van der Waals surface area (Å²) in [6.07, 6.45) is 7.95. The van der Waals surface area contributed by atoms with E-state index in [-0.39, 0.29) is 17.7 Å². The molecule has 1 aliphatic carbocycles. The third-order valence-electron chi connectivity index (χ3n) is 5.30. The fourth-order valence-corrected chi connectivity index (χ4v) is 3.42. The van der Waals surface area contributed by atoms with Crippen LogP contribution < -0.4 is 0 Å². The Balaban J connectivity index is 1.86. The molecule has 2 aliphatic rings. The molecule has 1 unspecified atom stereocenters. The maximum Gasteiger partial charge on any atom is 0.235 e. The molecule has 2 rings (SSSR count). The second-order valence-corrected chi connectivity index (χ2v) is 6.89. The van der Waals surface area contributed by atoms with Gasteiger partial charge in [-0.1, -0.05) is 39.5 Å². The van der Waals surface area contributed by atoms with Crippen LogP contribution in [0.4, 0.5) is 0 Å². The molecule has 1 saturated heterocycles. The highest BCUT2D eigenvalue weighted by Gasteiger charge is 2.49. The van der Waals surface area contributed by atoms with E-state index < -0.39 is 5.41 Å². The second-order valence-electron chi connectivity index (χ2n) is 6.89. The van der Waals surface area contributed by atoms with Crippen LogP contribution in [0.3, 0.4) is 0 Å². The third kappa shape index (κ3) is 2.85. The second kappa shape index (κ2) is 5.64. The number of amides is 2. The first kappa shape index (κ1) is 14.5. The number of carbonyl (C=O) groups excluding carboxylic acids is 2. The molecule has 19 heavy (non-hydrogen) atoms. The summed E-state index contributed by atoms with van der Waals surface area (Å²) < 4.78 is 0. The monoisotopic (exact) mass is 265 g/mol. The molecule has 0 bridgehead atoms. The Morgan fingerprint density at radius 3 is 2.42 bits per heavy atom. The van der Waals surface area contributed by atoms with Crippen LogP contribution in [0.15, 0.2) is 0 Å². The molecule has 2 fully saturated rings. The van der Waals surface area contributed by atoms with Gasteiger partial charge in [-0.2, -0.15) is 0 Å². The van der Waals surface area contributed by atoms with Crippen molar-refractivity contribution in [3.05, 3.63) is 0 Å². The van der Waals surface area contributed by atoms with Crippen molar-refractivity contribution in [2.45, 2.75) is 65.7 Å². The van der Waals surface area contributed by atoms with E-state index in [1.807, 2.05) is 20.8 Å². The van der Waals surface area contributed by atoms with Crippen LogP contribution in [-0.2, 0) is 9.59 Å². The Labute approximate surface area is 116 Å². The van der Waals surface area contributed by atoms with Gasteiger partial charge in [-0.25, -0.2) is 0 Å².